The highest BCUT2D eigenvalue weighted by atomic mass is 16.5. The van der Waals surface area contributed by atoms with Gasteiger partial charge in [0.25, 0.3) is 5.91 Å². The van der Waals surface area contributed by atoms with E-state index in [2.05, 4.69) is 20.2 Å². The van der Waals surface area contributed by atoms with Crippen molar-refractivity contribution in [3.05, 3.63) is 66.5 Å². The molecule has 0 bridgehead atoms. The monoisotopic (exact) mass is 388 g/mol. The van der Waals surface area contributed by atoms with Gasteiger partial charge < -0.3 is 15.0 Å². The fourth-order valence-electron chi connectivity index (χ4n) is 3.44. The van der Waals surface area contributed by atoms with Crippen molar-refractivity contribution >= 4 is 17.5 Å². The van der Waals surface area contributed by atoms with E-state index < -0.39 is 0 Å². The molecule has 0 radical (unpaired) electrons. The maximum Gasteiger partial charge on any atom is 0.255 e. The number of nitrogens with one attached hydrogen (secondary N) is 1. The molecule has 0 atom stereocenters. The van der Waals surface area contributed by atoms with Crippen LogP contribution in [0.4, 0.5) is 11.6 Å². The lowest BCUT2D eigenvalue weighted by Crippen LogP contribution is -2.20. The van der Waals surface area contributed by atoms with Gasteiger partial charge in [-0.15, -0.1) is 0 Å². The zero-order chi connectivity index (χ0) is 20.1. The molecule has 1 aromatic heterocycles. The van der Waals surface area contributed by atoms with Gasteiger partial charge in [-0.25, -0.2) is 9.97 Å². The van der Waals surface area contributed by atoms with Crippen LogP contribution in [0.2, 0.25) is 0 Å². The molecule has 0 unspecified atom stereocenters. The van der Waals surface area contributed by atoms with E-state index in [4.69, 9.17) is 4.74 Å². The van der Waals surface area contributed by atoms with Gasteiger partial charge >= 0.3 is 0 Å². The van der Waals surface area contributed by atoms with E-state index >= 15 is 0 Å². The average Bonchev–Trinajstić information content (AvgIpc) is 3.30. The van der Waals surface area contributed by atoms with Crippen molar-refractivity contribution in [2.24, 2.45) is 0 Å². The van der Waals surface area contributed by atoms with Crippen molar-refractivity contribution < 1.29 is 9.53 Å². The Kier molecular flexibility index (Phi) is 5.70. The average molecular weight is 388 g/mol. The number of carbonyl (C=O) groups is 1. The highest BCUT2D eigenvalue weighted by Crippen LogP contribution is 2.26. The minimum atomic E-state index is -0.186. The summed E-state index contributed by atoms with van der Waals surface area (Å²) < 4.78 is 5.58. The molecule has 6 nitrogen and oxygen atoms in total. The largest absolute Gasteiger partial charge is 0.492 e. The molecule has 0 aliphatic carbocycles. The summed E-state index contributed by atoms with van der Waals surface area (Å²) in [5.41, 5.74) is 3.02. The van der Waals surface area contributed by atoms with Crippen LogP contribution in [0.5, 0.6) is 5.75 Å². The number of amides is 1. The van der Waals surface area contributed by atoms with Gasteiger partial charge in [-0.2, -0.15) is 0 Å². The first kappa shape index (κ1) is 18.9. The van der Waals surface area contributed by atoms with Crippen molar-refractivity contribution in [2.75, 3.05) is 29.9 Å². The van der Waals surface area contributed by atoms with Crippen LogP contribution in [0.1, 0.15) is 30.1 Å². The Hall–Kier alpha value is -3.41. The highest BCUT2D eigenvalue weighted by Gasteiger charge is 2.15. The molecule has 4 rings (SSSR count). The summed E-state index contributed by atoms with van der Waals surface area (Å²) in [5, 5.41) is 2.93. The van der Waals surface area contributed by atoms with Crippen LogP contribution in [0.25, 0.3) is 11.1 Å². The first-order valence-corrected chi connectivity index (χ1v) is 9.95. The summed E-state index contributed by atoms with van der Waals surface area (Å²) >= 11 is 0. The lowest BCUT2D eigenvalue weighted by atomic mass is 10.1. The van der Waals surface area contributed by atoms with Crippen LogP contribution in [0.15, 0.2) is 60.9 Å². The number of anilines is 2. The Morgan fingerprint density at radius 3 is 2.55 bits per heavy atom. The summed E-state index contributed by atoms with van der Waals surface area (Å²) in [6, 6.07) is 14.9. The number of hydrogen-bond donors (Lipinski definition) is 1. The van der Waals surface area contributed by atoms with Crippen molar-refractivity contribution in [3.63, 3.8) is 0 Å². The number of para-hydroxylation sites is 2. The summed E-state index contributed by atoms with van der Waals surface area (Å²) in [6.45, 7) is 4.48. The molecular weight excluding hydrogens is 364 g/mol. The first-order valence-electron chi connectivity index (χ1n) is 9.95. The second kappa shape index (κ2) is 8.73. The standard InChI is InChI=1S/C23H24N4O2/c1-2-29-21-11-4-3-10-20(21)26-22(28)18-9-7-8-17(14-18)19-15-24-23(25-16-19)27-12-5-6-13-27/h3-4,7-11,14-16H,2,5-6,12-13H2,1H3,(H,26,28). The molecule has 2 aromatic carbocycles. The SMILES string of the molecule is CCOc1ccccc1NC(=O)c1cccc(-c2cnc(N3CCCC3)nc2)c1. The Morgan fingerprint density at radius 2 is 1.79 bits per heavy atom. The van der Waals surface area contributed by atoms with Crippen molar-refractivity contribution in [2.45, 2.75) is 19.8 Å². The molecule has 29 heavy (non-hydrogen) atoms. The number of nitrogens with zero attached hydrogens (tertiary/aromatic N) is 3. The second-order valence-electron chi connectivity index (χ2n) is 6.93. The van der Waals surface area contributed by atoms with E-state index in [1.54, 1.807) is 6.07 Å². The summed E-state index contributed by atoms with van der Waals surface area (Å²) in [6.07, 6.45) is 6.02. The van der Waals surface area contributed by atoms with Gasteiger partial charge in [-0.1, -0.05) is 24.3 Å². The quantitative estimate of drug-likeness (QED) is 0.678. The molecule has 1 amide bonds. The maximum absolute atomic E-state index is 12.8. The Labute approximate surface area is 170 Å². The molecule has 2 heterocycles. The topological polar surface area (TPSA) is 67.3 Å². The summed E-state index contributed by atoms with van der Waals surface area (Å²) in [5.74, 6) is 1.24. The smallest absolute Gasteiger partial charge is 0.255 e. The normalized spacial score (nSPS) is 13.3. The molecule has 1 fully saturated rings. The van der Waals surface area contributed by atoms with Crippen LogP contribution in [0.3, 0.4) is 0 Å². The minimum Gasteiger partial charge on any atom is -0.492 e. The zero-order valence-corrected chi connectivity index (χ0v) is 16.5. The van der Waals surface area contributed by atoms with Crippen molar-refractivity contribution in [1.29, 1.82) is 0 Å². The number of carbonyl (C=O) groups excluding carboxylic acids is 1. The number of aromatic nitrogens is 2. The molecule has 0 saturated carbocycles. The van der Waals surface area contributed by atoms with E-state index in [-0.39, 0.29) is 5.91 Å². The van der Waals surface area contributed by atoms with Gasteiger partial charge in [0.2, 0.25) is 5.95 Å². The molecule has 1 N–H and O–H groups in total. The summed E-state index contributed by atoms with van der Waals surface area (Å²) in [7, 11) is 0. The number of ether oxygens (including phenoxy) is 1. The van der Waals surface area contributed by atoms with E-state index in [9.17, 15) is 4.79 Å². The van der Waals surface area contributed by atoms with Crippen LogP contribution in [-0.4, -0.2) is 35.6 Å². The van der Waals surface area contributed by atoms with Crippen molar-refractivity contribution in [1.82, 2.24) is 9.97 Å². The Balaban J connectivity index is 1.52. The molecular formula is C23H24N4O2. The van der Waals surface area contributed by atoms with Crippen LogP contribution in [0, 0.1) is 0 Å². The van der Waals surface area contributed by atoms with Gasteiger partial charge in [0.05, 0.1) is 12.3 Å². The van der Waals surface area contributed by atoms with E-state index in [0.717, 1.165) is 30.2 Å². The molecule has 3 aromatic rings. The maximum atomic E-state index is 12.8. The molecule has 1 saturated heterocycles. The van der Waals surface area contributed by atoms with Gasteiger partial charge in [-0.05, 0) is 49.6 Å². The van der Waals surface area contributed by atoms with Gasteiger partial charge in [0.15, 0.2) is 0 Å². The molecule has 1 aliphatic rings. The third kappa shape index (κ3) is 4.37. The highest BCUT2D eigenvalue weighted by molar-refractivity contribution is 6.05. The summed E-state index contributed by atoms with van der Waals surface area (Å²) in [4.78, 5) is 24.0. The minimum absolute atomic E-state index is 0.186. The fourth-order valence-corrected chi connectivity index (χ4v) is 3.44. The zero-order valence-electron chi connectivity index (χ0n) is 16.5. The molecule has 0 spiro atoms. The number of rotatable bonds is 6. The van der Waals surface area contributed by atoms with E-state index in [1.165, 1.54) is 12.8 Å². The van der Waals surface area contributed by atoms with Crippen molar-refractivity contribution in [3.8, 4) is 16.9 Å². The van der Waals surface area contributed by atoms with Gasteiger partial charge in [-0.3, -0.25) is 4.79 Å². The fraction of sp³-hybridized carbons (Fsp3) is 0.261. The molecule has 1 aliphatic heterocycles. The van der Waals surface area contributed by atoms with Crippen LogP contribution >= 0.6 is 0 Å². The lowest BCUT2D eigenvalue weighted by molar-refractivity contribution is 0.102. The predicted molar refractivity (Wildman–Crippen MR) is 114 cm³/mol. The second-order valence-corrected chi connectivity index (χ2v) is 6.93. The number of hydrogen-bond acceptors (Lipinski definition) is 5. The molecule has 148 valence electrons. The van der Waals surface area contributed by atoms with Gasteiger partial charge in [0, 0.05) is 36.6 Å². The van der Waals surface area contributed by atoms with Crippen LogP contribution in [-0.2, 0) is 0 Å². The third-order valence-corrected chi connectivity index (χ3v) is 4.92. The Morgan fingerprint density at radius 1 is 1.03 bits per heavy atom. The Bertz CT molecular complexity index is 982. The lowest BCUT2D eigenvalue weighted by Gasteiger charge is -2.15. The predicted octanol–water partition coefficient (Wildman–Crippen LogP) is 4.39. The first-order chi connectivity index (χ1) is 14.2. The van der Waals surface area contributed by atoms with Crippen LogP contribution < -0.4 is 15.0 Å². The van der Waals surface area contributed by atoms with E-state index in [0.29, 0.717) is 23.6 Å². The molecule has 6 heteroatoms. The third-order valence-electron chi connectivity index (χ3n) is 4.92. The van der Waals surface area contributed by atoms with Gasteiger partial charge in [0.1, 0.15) is 5.75 Å². The number of benzene rings is 2. The van der Waals surface area contributed by atoms with E-state index in [1.807, 2.05) is 61.8 Å².